The molecule has 1 aromatic heterocycles. The lowest BCUT2D eigenvalue weighted by Gasteiger charge is -2.21. The molecule has 0 saturated heterocycles. The lowest BCUT2D eigenvalue weighted by atomic mass is 10.1. The summed E-state index contributed by atoms with van der Waals surface area (Å²) in [4.78, 5) is 23.0. The molecule has 1 aromatic carbocycles. The Labute approximate surface area is 144 Å². The van der Waals surface area contributed by atoms with Crippen LogP contribution in [0.2, 0.25) is 0 Å². The van der Waals surface area contributed by atoms with Crippen molar-refractivity contribution in [1.29, 1.82) is 0 Å². The van der Waals surface area contributed by atoms with Crippen molar-refractivity contribution in [1.82, 2.24) is 14.9 Å². The van der Waals surface area contributed by atoms with Gasteiger partial charge in [0, 0.05) is 25.8 Å². The van der Waals surface area contributed by atoms with Crippen molar-refractivity contribution in [2.75, 3.05) is 18.4 Å². The van der Waals surface area contributed by atoms with Crippen molar-refractivity contribution >= 4 is 11.9 Å². The van der Waals surface area contributed by atoms with Crippen molar-refractivity contribution in [3.05, 3.63) is 53.3 Å². The van der Waals surface area contributed by atoms with Gasteiger partial charge in [0.1, 0.15) is 5.69 Å². The smallest absolute Gasteiger partial charge is 0.272 e. The Morgan fingerprint density at radius 2 is 1.75 bits per heavy atom. The third-order valence-corrected chi connectivity index (χ3v) is 3.72. The normalized spacial score (nSPS) is 10.5. The third kappa shape index (κ3) is 5.05. The second-order valence-electron chi connectivity index (χ2n) is 5.90. The topological polar surface area (TPSA) is 58.1 Å². The Morgan fingerprint density at radius 3 is 2.38 bits per heavy atom. The fourth-order valence-electron chi connectivity index (χ4n) is 2.47. The summed E-state index contributed by atoms with van der Waals surface area (Å²) in [6.45, 7) is 8.35. The average Bonchev–Trinajstić information content (AvgIpc) is 2.61. The first-order valence-corrected chi connectivity index (χ1v) is 8.55. The van der Waals surface area contributed by atoms with E-state index in [1.165, 1.54) is 5.56 Å². The zero-order valence-electron chi connectivity index (χ0n) is 14.7. The SMILES string of the molecule is CCCN(CCC)C(=O)c1ccnc(NCc2ccc(C)cc2)n1. The Hall–Kier alpha value is -2.43. The first kappa shape index (κ1) is 17.9. The summed E-state index contributed by atoms with van der Waals surface area (Å²) in [5, 5.41) is 3.19. The molecule has 0 aliphatic heterocycles. The lowest BCUT2D eigenvalue weighted by Crippen LogP contribution is -2.33. The van der Waals surface area contributed by atoms with Gasteiger partial charge in [-0.2, -0.15) is 0 Å². The Kier molecular flexibility index (Phi) is 6.73. The zero-order valence-corrected chi connectivity index (χ0v) is 14.7. The summed E-state index contributed by atoms with van der Waals surface area (Å²) in [7, 11) is 0. The number of carbonyl (C=O) groups is 1. The van der Waals surface area contributed by atoms with E-state index >= 15 is 0 Å². The maximum atomic E-state index is 12.6. The molecular weight excluding hydrogens is 300 g/mol. The van der Waals surface area contributed by atoms with Crippen molar-refractivity contribution < 1.29 is 4.79 Å². The second kappa shape index (κ2) is 9.01. The van der Waals surface area contributed by atoms with Crippen LogP contribution in [0.3, 0.4) is 0 Å². The maximum absolute atomic E-state index is 12.6. The van der Waals surface area contributed by atoms with Crippen LogP contribution in [0.25, 0.3) is 0 Å². The number of aryl methyl sites for hydroxylation is 1. The first-order chi connectivity index (χ1) is 11.6. The molecule has 0 atom stereocenters. The summed E-state index contributed by atoms with van der Waals surface area (Å²) >= 11 is 0. The van der Waals surface area contributed by atoms with Gasteiger partial charge in [0.2, 0.25) is 5.95 Å². The monoisotopic (exact) mass is 326 g/mol. The molecule has 0 saturated carbocycles. The molecule has 0 radical (unpaired) electrons. The molecule has 1 heterocycles. The van der Waals surface area contributed by atoms with E-state index in [0.29, 0.717) is 18.2 Å². The van der Waals surface area contributed by atoms with E-state index in [2.05, 4.69) is 60.3 Å². The predicted octanol–water partition coefficient (Wildman–Crippen LogP) is 3.66. The standard InChI is InChI=1S/C19H26N4O/c1-4-12-23(13-5-2)18(24)17-10-11-20-19(22-17)21-14-16-8-6-15(3)7-9-16/h6-11H,4-5,12-14H2,1-3H3,(H,20,21,22). The molecule has 0 spiro atoms. The van der Waals surface area contributed by atoms with Crippen LogP contribution < -0.4 is 5.32 Å². The lowest BCUT2D eigenvalue weighted by molar-refractivity contribution is 0.0749. The number of rotatable bonds is 8. The molecular formula is C19H26N4O. The minimum Gasteiger partial charge on any atom is -0.350 e. The highest BCUT2D eigenvalue weighted by molar-refractivity contribution is 5.92. The second-order valence-corrected chi connectivity index (χ2v) is 5.90. The van der Waals surface area contributed by atoms with Gasteiger partial charge in [0.25, 0.3) is 5.91 Å². The number of hydrogen-bond acceptors (Lipinski definition) is 4. The number of benzene rings is 1. The zero-order chi connectivity index (χ0) is 17.4. The largest absolute Gasteiger partial charge is 0.350 e. The Balaban J connectivity index is 2.04. The molecule has 5 heteroatoms. The number of nitrogens with one attached hydrogen (secondary N) is 1. The molecule has 5 nitrogen and oxygen atoms in total. The number of hydrogen-bond donors (Lipinski definition) is 1. The van der Waals surface area contributed by atoms with E-state index < -0.39 is 0 Å². The van der Waals surface area contributed by atoms with Crippen molar-refractivity contribution in [2.24, 2.45) is 0 Å². The van der Waals surface area contributed by atoms with Gasteiger partial charge < -0.3 is 10.2 Å². The molecule has 128 valence electrons. The maximum Gasteiger partial charge on any atom is 0.272 e. The molecule has 2 aromatic rings. The fourth-order valence-corrected chi connectivity index (χ4v) is 2.47. The highest BCUT2D eigenvalue weighted by Crippen LogP contribution is 2.09. The van der Waals surface area contributed by atoms with Crippen LogP contribution in [0.1, 0.15) is 48.3 Å². The molecule has 0 bridgehead atoms. The quantitative estimate of drug-likeness (QED) is 0.804. The van der Waals surface area contributed by atoms with Crippen LogP contribution in [0.5, 0.6) is 0 Å². The minimum atomic E-state index is -0.0283. The van der Waals surface area contributed by atoms with Crippen LogP contribution in [-0.4, -0.2) is 33.9 Å². The van der Waals surface area contributed by atoms with Crippen LogP contribution in [0.15, 0.2) is 36.5 Å². The van der Waals surface area contributed by atoms with E-state index in [4.69, 9.17) is 0 Å². The van der Waals surface area contributed by atoms with E-state index in [9.17, 15) is 4.79 Å². The molecule has 1 N–H and O–H groups in total. The molecule has 2 rings (SSSR count). The first-order valence-electron chi connectivity index (χ1n) is 8.55. The summed E-state index contributed by atoms with van der Waals surface area (Å²) in [6, 6.07) is 9.97. The minimum absolute atomic E-state index is 0.0283. The Morgan fingerprint density at radius 1 is 1.08 bits per heavy atom. The summed E-state index contributed by atoms with van der Waals surface area (Å²) in [5.74, 6) is 0.453. The summed E-state index contributed by atoms with van der Waals surface area (Å²) in [5.41, 5.74) is 2.83. The fraction of sp³-hybridized carbons (Fsp3) is 0.421. The van der Waals surface area contributed by atoms with Gasteiger partial charge in [0.05, 0.1) is 0 Å². The molecule has 0 fully saturated rings. The molecule has 24 heavy (non-hydrogen) atoms. The average molecular weight is 326 g/mol. The molecule has 0 aliphatic rings. The van der Waals surface area contributed by atoms with Crippen LogP contribution in [-0.2, 0) is 6.54 Å². The number of anilines is 1. The molecule has 0 unspecified atom stereocenters. The molecule has 1 amide bonds. The highest BCUT2D eigenvalue weighted by Gasteiger charge is 2.16. The Bertz CT molecular complexity index is 649. The number of nitrogens with zero attached hydrogens (tertiary/aromatic N) is 3. The van der Waals surface area contributed by atoms with Gasteiger partial charge in [-0.15, -0.1) is 0 Å². The van der Waals surface area contributed by atoms with Gasteiger partial charge in [-0.1, -0.05) is 43.7 Å². The van der Waals surface area contributed by atoms with E-state index in [1.54, 1.807) is 12.3 Å². The third-order valence-electron chi connectivity index (χ3n) is 3.72. The van der Waals surface area contributed by atoms with Gasteiger partial charge in [-0.3, -0.25) is 4.79 Å². The van der Waals surface area contributed by atoms with Crippen molar-refractivity contribution in [3.8, 4) is 0 Å². The van der Waals surface area contributed by atoms with Crippen LogP contribution in [0.4, 0.5) is 5.95 Å². The van der Waals surface area contributed by atoms with Crippen LogP contribution >= 0.6 is 0 Å². The van der Waals surface area contributed by atoms with E-state index in [0.717, 1.165) is 31.5 Å². The highest BCUT2D eigenvalue weighted by atomic mass is 16.2. The van der Waals surface area contributed by atoms with Crippen molar-refractivity contribution in [3.63, 3.8) is 0 Å². The number of aromatic nitrogens is 2. The van der Waals surface area contributed by atoms with Gasteiger partial charge in [0.15, 0.2) is 0 Å². The summed E-state index contributed by atoms with van der Waals surface area (Å²) < 4.78 is 0. The number of carbonyl (C=O) groups excluding carboxylic acids is 1. The van der Waals surface area contributed by atoms with Gasteiger partial charge >= 0.3 is 0 Å². The summed E-state index contributed by atoms with van der Waals surface area (Å²) in [6.07, 6.45) is 3.51. The van der Waals surface area contributed by atoms with Crippen molar-refractivity contribution in [2.45, 2.75) is 40.2 Å². The molecule has 0 aliphatic carbocycles. The predicted molar refractivity (Wildman–Crippen MR) is 97.0 cm³/mol. The van der Waals surface area contributed by atoms with Gasteiger partial charge in [-0.05, 0) is 31.4 Å². The van der Waals surface area contributed by atoms with Gasteiger partial charge in [-0.25, -0.2) is 9.97 Å². The number of amides is 1. The van der Waals surface area contributed by atoms with E-state index in [1.807, 2.05) is 4.90 Å². The van der Waals surface area contributed by atoms with E-state index in [-0.39, 0.29) is 5.91 Å². The van der Waals surface area contributed by atoms with Crippen LogP contribution in [0, 0.1) is 6.92 Å².